The largest absolute Gasteiger partial charge is 0.394 e. The molecular weight excluding hydrogens is 396 g/mol. The van der Waals surface area contributed by atoms with Gasteiger partial charge in [-0.2, -0.15) is 10.5 Å². The maximum atomic E-state index is 10.3. The van der Waals surface area contributed by atoms with Crippen LogP contribution in [0.3, 0.4) is 0 Å². The van der Waals surface area contributed by atoms with Gasteiger partial charge in [0.15, 0.2) is 0 Å². The lowest BCUT2D eigenvalue weighted by Gasteiger charge is -2.39. The third kappa shape index (κ3) is 3.91. The van der Waals surface area contributed by atoms with E-state index in [1.54, 1.807) is 30.3 Å². The third-order valence-corrected chi connectivity index (χ3v) is 5.70. The molecule has 1 aromatic carbocycles. The van der Waals surface area contributed by atoms with Gasteiger partial charge in [0.25, 0.3) is 0 Å². The maximum Gasteiger partial charge on any atom is 0.143 e. The third-order valence-electron chi connectivity index (χ3n) is 4.55. The Kier molecular flexibility index (Phi) is 6.35. The van der Waals surface area contributed by atoms with Crippen LogP contribution in [0.1, 0.15) is 11.1 Å². The van der Waals surface area contributed by atoms with Crippen LogP contribution in [-0.4, -0.2) is 61.9 Å². The molecule has 0 spiro atoms. The number of anilines is 1. The second-order valence-corrected chi connectivity index (χ2v) is 7.42. The number of nitrogen functional groups attached to an aromatic ring is 1. The molecule has 0 radical (unpaired) electrons. The second kappa shape index (κ2) is 8.76. The molecule has 0 amide bonds. The number of aliphatic hydroxyl groups is 4. The van der Waals surface area contributed by atoms with E-state index in [-0.39, 0.29) is 22.0 Å². The topological polar surface area (TPSA) is 177 Å². The Hall–Kier alpha value is -2.70. The Labute approximate surface area is 170 Å². The molecule has 1 aliphatic rings. The van der Waals surface area contributed by atoms with Crippen LogP contribution in [0.25, 0.3) is 11.1 Å². The highest BCUT2D eigenvalue weighted by atomic mass is 32.2. The summed E-state index contributed by atoms with van der Waals surface area (Å²) in [6, 6.07) is 12.7. The molecule has 9 nitrogen and oxygen atoms in total. The van der Waals surface area contributed by atoms with Gasteiger partial charge in [-0.25, -0.2) is 4.98 Å². The van der Waals surface area contributed by atoms with E-state index in [1.165, 1.54) is 0 Å². The van der Waals surface area contributed by atoms with Crippen LogP contribution in [0.15, 0.2) is 35.4 Å². The van der Waals surface area contributed by atoms with Crippen LogP contribution in [0.4, 0.5) is 5.82 Å². The molecule has 1 aliphatic heterocycles. The molecule has 1 saturated heterocycles. The number of aromatic nitrogens is 1. The van der Waals surface area contributed by atoms with Gasteiger partial charge in [-0.05, 0) is 5.56 Å². The molecule has 1 fully saturated rings. The van der Waals surface area contributed by atoms with Crippen molar-refractivity contribution in [2.45, 2.75) is 34.9 Å². The van der Waals surface area contributed by atoms with Gasteiger partial charge in [-0.15, -0.1) is 0 Å². The normalized spacial score (nSPS) is 26.5. The van der Waals surface area contributed by atoms with Gasteiger partial charge in [0.2, 0.25) is 0 Å². The minimum Gasteiger partial charge on any atom is -0.394 e. The summed E-state index contributed by atoms with van der Waals surface area (Å²) in [5.74, 6) is -0.0996. The Bertz CT molecular complexity index is 973. The Morgan fingerprint density at radius 3 is 2.28 bits per heavy atom. The number of rotatable bonds is 4. The molecule has 5 atom stereocenters. The van der Waals surface area contributed by atoms with E-state index in [0.717, 1.165) is 11.8 Å². The average Bonchev–Trinajstić information content (AvgIpc) is 2.74. The molecule has 10 heteroatoms. The number of pyridine rings is 1. The van der Waals surface area contributed by atoms with Gasteiger partial charge in [-0.3, -0.25) is 0 Å². The van der Waals surface area contributed by atoms with E-state index in [2.05, 4.69) is 4.98 Å². The molecule has 2 aromatic rings. The number of nitriles is 2. The Morgan fingerprint density at radius 2 is 1.69 bits per heavy atom. The lowest BCUT2D eigenvalue weighted by atomic mass is 9.97. The van der Waals surface area contributed by atoms with E-state index in [4.69, 9.17) is 10.5 Å². The maximum absolute atomic E-state index is 10.3. The van der Waals surface area contributed by atoms with Crippen molar-refractivity contribution in [2.75, 3.05) is 12.3 Å². The summed E-state index contributed by atoms with van der Waals surface area (Å²) in [6.07, 6.45) is -5.67. The summed E-state index contributed by atoms with van der Waals surface area (Å²) in [5.41, 5.74) is 5.81. The molecular formula is C19H18N4O5S. The van der Waals surface area contributed by atoms with Gasteiger partial charge in [0, 0.05) is 5.56 Å². The van der Waals surface area contributed by atoms with E-state index >= 15 is 0 Å². The highest BCUT2D eigenvalue weighted by molar-refractivity contribution is 7.99. The Morgan fingerprint density at radius 1 is 1.03 bits per heavy atom. The number of nitrogens with two attached hydrogens (primary N) is 1. The van der Waals surface area contributed by atoms with E-state index in [1.807, 2.05) is 12.1 Å². The first-order valence-corrected chi connectivity index (χ1v) is 9.47. The van der Waals surface area contributed by atoms with Crippen LogP contribution in [-0.2, 0) is 4.74 Å². The molecule has 29 heavy (non-hydrogen) atoms. The first-order chi connectivity index (χ1) is 13.9. The quantitative estimate of drug-likeness (QED) is 0.456. The number of thioether (sulfide) groups is 1. The van der Waals surface area contributed by atoms with Crippen molar-refractivity contribution in [3.63, 3.8) is 0 Å². The van der Waals surface area contributed by atoms with Crippen LogP contribution >= 0.6 is 11.8 Å². The Balaban J connectivity index is 2.08. The van der Waals surface area contributed by atoms with Crippen LogP contribution in [0.2, 0.25) is 0 Å². The van der Waals surface area contributed by atoms with Crippen LogP contribution in [0.5, 0.6) is 0 Å². The van der Waals surface area contributed by atoms with Crippen molar-refractivity contribution < 1.29 is 25.2 Å². The van der Waals surface area contributed by atoms with Crippen molar-refractivity contribution >= 4 is 17.6 Å². The zero-order valence-electron chi connectivity index (χ0n) is 15.0. The van der Waals surface area contributed by atoms with Crippen molar-refractivity contribution in [3.8, 4) is 23.3 Å². The van der Waals surface area contributed by atoms with Gasteiger partial charge in [-0.1, -0.05) is 42.1 Å². The minimum atomic E-state index is -1.56. The summed E-state index contributed by atoms with van der Waals surface area (Å²) in [7, 11) is 0. The SMILES string of the molecule is N#Cc1c(N)nc(S[C@@H]2O[C@H](CO)[C@H](O)[C@H](O)[C@H]2O)c(C#N)c1-c1ccccc1. The van der Waals surface area contributed by atoms with Gasteiger partial charge in [0.05, 0.1) is 12.2 Å². The lowest BCUT2D eigenvalue weighted by molar-refractivity contribution is -0.205. The van der Waals surface area contributed by atoms with E-state index in [9.17, 15) is 30.9 Å². The molecule has 150 valence electrons. The molecule has 3 rings (SSSR count). The lowest BCUT2D eigenvalue weighted by Crippen LogP contribution is -2.57. The predicted octanol–water partition coefficient (Wildman–Crippen LogP) is -0.0338. The summed E-state index contributed by atoms with van der Waals surface area (Å²) in [4.78, 5) is 4.12. The standard InChI is InChI=1S/C19H18N4O5S/c20-6-10-13(9-4-2-1-3-5-9)11(7-21)18(23-17(10)22)29-19-16(27)15(26)14(25)12(8-24)28-19/h1-5,12,14-16,19,24-27H,8H2,(H2,22,23)/t12-,14+,15+,16-,19+/m1/s1. The fourth-order valence-electron chi connectivity index (χ4n) is 3.05. The molecule has 0 unspecified atom stereocenters. The van der Waals surface area contributed by atoms with Crippen molar-refractivity contribution in [2.24, 2.45) is 0 Å². The zero-order valence-corrected chi connectivity index (χ0v) is 15.8. The zero-order chi connectivity index (χ0) is 21.1. The fraction of sp³-hybridized carbons (Fsp3) is 0.316. The average molecular weight is 414 g/mol. The highest BCUT2D eigenvalue weighted by Crippen LogP contribution is 2.39. The highest BCUT2D eigenvalue weighted by Gasteiger charge is 2.44. The van der Waals surface area contributed by atoms with E-state index < -0.39 is 36.5 Å². The predicted molar refractivity (Wildman–Crippen MR) is 103 cm³/mol. The number of hydrogen-bond donors (Lipinski definition) is 5. The molecule has 6 N–H and O–H groups in total. The molecule has 0 aliphatic carbocycles. The second-order valence-electron chi connectivity index (χ2n) is 6.33. The number of ether oxygens (including phenoxy) is 1. The van der Waals surface area contributed by atoms with Crippen molar-refractivity contribution in [1.82, 2.24) is 4.98 Å². The summed E-state index contributed by atoms with van der Waals surface area (Å²) >= 11 is 0.813. The molecule has 1 aromatic heterocycles. The monoisotopic (exact) mass is 414 g/mol. The fourth-order valence-corrected chi connectivity index (χ4v) is 4.19. The van der Waals surface area contributed by atoms with Crippen LogP contribution < -0.4 is 5.73 Å². The molecule has 2 heterocycles. The van der Waals surface area contributed by atoms with Crippen molar-refractivity contribution in [3.05, 3.63) is 41.5 Å². The molecule has 0 bridgehead atoms. The first-order valence-electron chi connectivity index (χ1n) is 8.59. The summed E-state index contributed by atoms with van der Waals surface area (Å²) in [6.45, 7) is -0.578. The number of aliphatic hydroxyl groups excluding tert-OH is 4. The van der Waals surface area contributed by atoms with Gasteiger partial charge >= 0.3 is 0 Å². The van der Waals surface area contributed by atoms with Gasteiger partial charge < -0.3 is 30.9 Å². The smallest absolute Gasteiger partial charge is 0.143 e. The number of nitrogens with zero attached hydrogens (tertiary/aromatic N) is 3. The first kappa shape index (κ1) is 21.0. The minimum absolute atomic E-state index is 0.0471. The van der Waals surface area contributed by atoms with E-state index in [0.29, 0.717) is 11.1 Å². The van der Waals surface area contributed by atoms with Crippen molar-refractivity contribution in [1.29, 1.82) is 10.5 Å². The van der Waals surface area contributed by atoms with Gasteiger partial charge in [0.1, 0.15) is 58.4 Å². The summed E-state index contributed by atoms with van der Waals surface area (Å²) in [5, 5.41) is 58.9. The number of hydrogen-bond acceptors (Lipinski definition) is 10. The summed E-state index contributed by atoms with van der Waals surface area (Å²) < 4.78 is 5.47. The number of benzene rings is 1. The molecule has 0 saturated carbocycles. The van der Waals surface area contributed by atoms with Crippen LogP contribution in [0, 0.1) is 22.7 Å².